The normalized spacial score (nSPS) is 20.0. The summed E-state index contributed by atoms with van der Waals surface area (Å²) in [6, 6.07) is 10.1. The Morgan fingerprint density at radius 3 is 2.42 bits per heavy atom. The van der Waals surface area contributed by atoms with Crippen molar-refractivity contribution in [1.82, 2.24) is 24.3 Å². The lowest BCUT2D eigenvalue weighted by Crippen LogP contribution is -2.43. The molecule has 1 saturated carbocycles. The van der Waals surface area contributed by atoms with Crippen LogP contribution in [0.1, 0.15) is 70.9 Å². The number of rotatable bonds is 8. The van der Waals surface area contributed by atoms with Gasteiger partial charge >= 0.3 is 0 Å². The molecule has 6 heteroatoms. The first-order valence-electron chi connectivity index (χ1n) is 14.2. The van der Waals surface area contributed by atoms with E-state index in [-0.39, 0.29) is 0 Å². The predicted molar refractivity (Wildman–Crippen MR) is 150 cm³/mol. The van der Waals surface area contributed by atoms with Crippen LogP contribution in [0.2, 0.25) is 0 Å². The zero-order chi connectivity index (χ0) is 25.1. The molecule has 0 spiro atoms. The van der Waals surface area contributed by atoms with E-state index in [2.05, 4.69) is 78.0 Å². The number of aromatic nitrogens is 3. The molecule has 2 unspecified atom stereocenters. The molecule has 0 bridgehead atoms. The number of piperazine rings is 1. The fourth-order valence-corrected chi connectivity index (χ4v) is 5.72. The molecular weight excluding hydrogens is 444 g/mol. The van der Waals surface area contributed by atoms with E-state index < -0.39 is 0 Å². The second-order valence-electron chi connectivity index (χ2n) is 11.3. The van der Waals surface area contributed by atoms with Gasteiger partial charge in [-0.15, -0.1) is 0 Å². The molecular formula is C30H44N6. The van der Waals surface area contributed by atoms with Gasteiger partial charge in [0.1, 0.15) is 5.65 Å². The first-order valence-corrected chi connectivity index (χ1v) is 14.2. The highest BCUT2D eigenvalue weighted by Gasteiger charge is 2.22. The van der Waals surface area contributed by atoms with Gasteiger partial charge in [0.05, 0.1) is 0 Å². The fraction of sp³-hybridized carbons (Fsp3) is 0.600. The maximum absolute atomic E-state index is 5.08. The summed E-state index contributed by atoms with van der Waals surface area (Å²) >= 11 is 0. The molecule has 2 atom stereocenters. The third-order valence-corrected chi connectivity index (χ3v) is 8.66. The molecule has 1 N–H and O–H groups in total. The predicted octanol–water partition coefficient (Wildman–Crippen LogP) is 6.20. The number of fused-ring (bicyclic) bond motifs is 1. The third-order valence-electron chi connectivity index (χ3n) is 8.66. The lowest BCUT2D eigenvalue weighted by atomic mass is 9.95. The average Bonchev–Trinajstić information content (AvgIpc) is 3.29. The van der Waals surface area contributed by atoms with Gasteiger partial charge in [0.2, 0.25) is 5.95 Å². The summed E-state index contributed by atoms with van der Waals surface area (Å²) < 4.78 is 2.46. The van der Waals surface area contributed by atoms with Crippen LogP contribution in [0, 0.1) is 5.92 Å². The average molecular weight is 489 g/mol. The zero-order valence-electron chi connectivity index (χ0n) is 22.7. The minimum absolute atomic E-state index is 0.345. The van der Waals surface area contributed by atoms with E-state index >= 15 is 0 Å². The van der Waals surface area contributed by atoms with Crippen LogP contribution in [0.15, 0.2) is 36.7 Å². The molecule has 1 aliphatic carbocycles. The Hall–Kier alpha value is -2.44. The molecule has 5 rings (SSSR count). The minimum Gasteiger partial charge on any atom is -0.351 e. The van der Waals surface area contributed by atoms with Crippen molar-refractivity contribution in [2.45, 2.75) is 77.9 Å². The minimum atomic E-state index is 0.345. The van der Waals surface area contributed by atoms with Crippen LogP contribution in [-0.4, -0.2) is 63.6 Å². The Morgan fingerprint density at radius 1 is 1.00 bits per heavy atom. The van der Waals surface area contributed by atoms with Crippen LogP contribution < -0.4 is 5.32 Å². The standard InChI is InChI=1S/C30H44N6/c1-5-22(2)23(3)32-30-31-19-27-28(21-36(29(27)33-30)26-9-7-6-8-10-26)25-13-11-24(12-14-25)20-35-17-15-34(4)16-18-35/h11-14,19,21-23,26H,5-10,15-18,20H2,1-4H3,(H,31,32,33). The monoisotopic (exact) mass is 488 g/mol. The summed E-state index contributed by atoms with van der Waals surface area (Å²) in [6.07, 6.45) is 12.0. The van der Waals surface area contributed by atoms with Crippen molar-refractivity contribution in [1.29, 1.82) is 0 Å². The van der Waals surface area contributed by atoms with Gasteiger partial charge in [-0.25, -0.2) is 4.98 Å². The van der Waals surface area contributed by atoms with Crippen LogP contribution in [0.25, 0.3) is 22.2 Å². The quantitative estimate of drug-likeness (QED) is 0.409. The molecule has 2 aliphatic rings. The molecule has 1 aromatic carbocycles. The highest BCUT2D eigenvalue weighted by molar-refractivity contribution is 5.94. The molecule has 2 fully saturated rings. The zero-order valence-corrected chi connectivity index (χ0v) is 22.7. The molecule has 1 saturated heterocycles. The Bertz CT molecular complexity index is 1120. The SMILES string of the molecule is CCC(C)C(C)Nc1ncc2c(-c3ccc(CN4CCN(C)CC4)cc3)cn(C3CCCCC3)c2n1. The van der Waals surface area contributed by atoms with Crippen molar-refractivity contribution in [3.8, 4) is 11.1 Å². The topological polar surface area (TPSA) is 49.2 Å². The van der Waals surface area contributed by atoms with Crippen LogP contribution in [-0.2, 0) is 6.54 Å². The van der Waals surface area contributed by atoms with E-state index in [1.165, 1.54) is 48.8 Å². The summed E-state index contributed by atoms with van der Waals surface area (Å²) in [4.78, 5) is 14.8. The highest BCUT2D eigenvalue weighted by Crippen LogP contribution is 2.36. The van der Waals surface area contributed by atoms with Gasteiger partial charge in [0, 0.05) is 68.2 Å². The maximum Gasteiger partial charge on any atom is 0.224 e. The van der Waals surface area contributed by atoms with E-state index in [4.69, 9.17) is 9.97 Å². The molecule has 3 aromatic rings. The largest absolute Gasteiger partial charge is 0.351 e. The highest BCUT2D eigenvalue weighted by atomic mass is 15.2. The van der Waals surface area contributed by atoms with Crippen LogP contribution in [0.4, 0.5) is 5.95 Å². The first-order chi connectivity index (χ1) is 17.5. The van der Waals surface area contributed by atoms with E-state index in [1.807, 2.05) is 6.20 Å². The number of benzene rings is 1. The van der Waals surface area contributed by atoms with Gasteiger partial charge in [-0.3, -0.25) is 4.90 Å². The lowest BCUT2D eigenvalue weighted by molar-refractivity contribution is 0.148. The Kier molecular flexibility index (Phi) is 7.92. The summed E-state index contributed by atoms with van der Waals surface area (Å²) in [5.41, 5.74) is 4.98. The molecule has 0 radical (unpaired) electrons. The summed E-state index contributed by atoms with van der Waals surface area (Å²) in [5, 5.41) is 4.73. The Balaban J connectivity index is 1.43. The molecule has 2 aromatic heterocycles. The van der Waals surface area contributed by atoms with E-state index in [0.29, 0.717) is 18.0 Å². The molecule has 194 valence electrons. The smallest absolute Gasteiger partial charge is 0.224 e. The third kappa shape index (κ3) is 5.60. The van der Waals surface area contributed by atoms with Crippen LogP contribution in [0.3, 0.4) is 0 Å². The number of likely N-dealkylation sites (N-methyl/N-ethyl adjacent to an activating group) is 1. The van der Waals surface area contributed by atoms with Crippen molar-refractivity contribution in [2.24, 2.45) is 5.92 Å². The number of hydrogen-bond acceptors (Lipinski definition) is 5. The van der Waals surface area contributed by atoms with Crippen molar-refractivity contribution in [3.05, 3.63) is 42.2 Å². The van der Waals surface area contributed by atoms with Crippen molar-refractivity contribution < 1.29 is 0 Å². The molecule has 6 nitrogen and oxygen atoms in total. The van der Waals surface area contributed by atoms with E-state index in [9.17, 15) is 0 Å². The van der Waals surface area contributed by atoms with Gasteiger partial charge in [-0.2, -0.15) is 4.98 Å². The molecule has 3 heterocycles. The Labute approximate surface area is 217 Å². The van der Waals surface area contributed by atoms with Gasteiger partial charge < -0.3 is 14.8 Å². The Morgan fingerprint density at radius 2 is 1.72 bits per heavy atom. The summed E-state index contributed by atoms with van der Waals surface area (Å²) in [5.74, 6) is 1.33. The molecule has 0 amide bonds. The number of anilines is 1. The van der Waals surface area contributed by atoms with E-state index in [1.54, 1.807) is 0 Å². The van der Waals surface area contributed by atoms with Gasteiger partial charge in [-0.05, 0) is 43.9 Å². The number of nitrogens with zero attached hydrogens (tertiary/aromatic N) is 5. The number of hydrogen-bond donors (Lipinski definition) is 1. The maximum atomic E-state index is 5.08. The van der Waals surface area contributed by atoms with Gasteiger partial charge in [0.15, 0.2) is 0 Å². The van der Waals surface area contributed by atoms with Crippen LogP contribution in [0.5, 0.6) is 0 Å². The van der Waals surface area contributed by atoms with Crippen molar-refractivity contribution >= 4 is 17.0 Å². The fourth-order valence-electron chi connectivity index (χ4n) is 5.72. The molecule has 36 heavy (non-hydrogen) atoms. The van der Waals surface area contributed by atoms with E-state index in [0.717, 1.165) is 56.1 Å². The van der Waals surface area contributed by atoms with Crippen molar-refractivity contribution in [3.63, 3.8) is 0 Å². The van der Waals surface area contributed by atoms with Crippen molar-refractivity contribution in [2.75, 3.05) is 38.5 Å². The van der Waals surface area contributed by atoms with Gasteiger partial charge in [0.25, 0.3) is 0 Å². The second-order valence-corrected chi connectivity index (χ2v) is 11.3. The van der Waals surface area contributed by atoms with Crippen LogP contribution >= 0.6 is 0 Å². The number of nitrogens with one attached hydrogen (secondary N) is 1. The summed E-state index contributed by atoms with van der Waals surface area (Å²) in [7, 11) is 2.21. The molecule has 1 aliphatic heterocycles. The van der Waals surface area contributed by atoms with Gasteiger partial charge in [-0.1, -0.05) is 63.8 Å². The lowest BCUT2D eigenvalue weighted by Gasteiger charge is -2.32. The summed E-state index contributed by atoms with van der Waals surface area (Å²) in [6.45, 7) is 12.4. The second kappa shape index (κ2) is 11.3. The first kappa shape index (κ1) is 25.2.